The number of ether oxygens (including phenoxy) is 3. The minimum Gasteiger partial charge on any atom is -0.494 e. The van der Waals surface area contributed by atoms with Crippen LogP contribution in [0.5, 0.6) is 17.2 Å². The molecule has 0 saturated heterocycles. The number of methoxy groups -OCH3 is 2. The summed E-state index contributed by atoms with van der Waals surface area (Å²) < 4.78 is 45.8. The number of nitrogens with one attached hydrogen (secondary N) is 1. The number of carbonyl (C=O) groups is 2. The van der Waals surface area contributed by atoms with Gasteiger partial charge in [0.2, 0.25) is 11.8 Å². The van der Waals surface area contributed by atoms with Crippen molar-refractivity contribution in [2.24, 2.45) is 0 Å². The third-order valence-electron chi connectivity index (χ3n) is 7.38. The molecule has 0 fully saturated rings. The molecule has 10 nitrogen and oxygen atoms in total. The van der Waals surface area contributed by atoms with E-state index in [1.54, 1.807) is 49.4 Å². The third-order valence-corrected chi connectivity index (χ3v) is 9.89. The lowest BCUT2D eigenvalue weighted by molar-refractivity contribution is -0.140. The van der Waals surface area contributed by atoms with Gasteiger partial charge in [-0.05, 0) is 80.8 Å². The molecule has 3 rings (SSSR count). The number of halogens is 2. The van der Waals surface area contributed by atoms with Crippen LogP contribution in [0.25, 0.3) is 0 Å². The fourth-order valence-corrected chi connectivity index (χ4v) is 6.45. The van der Waals surface area contributed by atoms with Gasteiger partial charge in [-0.1, -0.05) is 43.1 Å². The van der Waals surface area contributed by atoms with Crippen LogP contribution < -0.4 is 23.8 Å². The Morgan fingerprint density at radius 3 is 2.11 bits per heavy atom. The summed E-state index contributed by atoms with van der Waals surface area (Å²) in [7, 11) is -1.51. The maximum atomic E-state index is 14.3. The first kappa shape index (κ1) is 36.8. The Hall–Kier alpha value is -3.67. The Morgan fingerprint density at radius 1 is 0.870 bits per heavy atom. The minimum absolute atomic E-state index is 0.0182. The van der Waals surface area contributed by atoms with Gasteiger partial charge in [-0.15, -0.1) is 0 Å². The van der Waals surface area contributed by atoms with Crippen LogP contribution in [0, 0.1) is 0 Å². The van der Waals surface area contributed by atoms with Crippen molar-refractivity contribution in [1.29, 1.82) is 0 Å². The number of rotatable bonds is 16. The lowest BCUT2D eigenvalue weighted by Crippen LogP contribution is -2.53. The molecule has 13 heteroatoms. The smallest absolute Gasteiger partial charge is 0.264 e. The van der Waals surface area contributed by atoms with Gasteiger partial charge in [0.25, 0.3) is 10.0 Å². The van der Waals surface area contributed by atoms with Crippen LogP contribution >= 0.6 is 23.2 Å². The standard InChI is InChI=1S/C33H41Cl2N3O7S/c1-7-22(4)36-33(40)29(8-2)37(20-23-10-16-27(34)28(35)18-23)32(39)21-38(24-11-13-25(14-12-24)45-9-3)46(41,42)26-15-17-30(43-5)31(19-26)44-6/h10-19,22,29H,7-9,20-21H2,1-6H3,(H,36,40)/t22-,29-/m0/s1. The van der Waals surface area contributed by atoms with Crippen LogP contribution in [0.2, 0.25) is 10.0 Å². The van der Waals surface area contributed by atoms with E-state index in [1.807, 2.05) is 20.8 Å². The van der Waals surface area contributed by atoms with E-state index in [0.717, 1.165) is 4.31 Å². The topological polar surface area (TPSA) is 114 Å². The highest BCUT2D eigenvalue weighted by atomic mass is 35.5. The van der Waals surface area contributed by atoms with E-state index in [1.165, 1.54) is 37.3 Å². The molecule has 0 aliphatic heterocycles. The molecule has 0 aromatic heterocycles. The van der Waals surface area contributed by atoms with E-state index in [4.69, 9.17) is 37.4 Å². The summed E-state index contributed by atoms with van der Waals surface area (Å²) in [6, 6.07) is 14.5. The Labute approximate surface area is 281 Å². The number of anilines is 1. The number of carbonyl (C=O) groups excluding carboxylic acids is 2. The first-order valence-electron chi connectivity index (χ1n) is 14.9. The van der Waals surface area contributed by atoms with Crippen LogP contribution in [-0.4, -0.2) is 64.6 Å². The molecule has 0 saturated carbocycles. The first-order valence-corrected chi connectivity index (χ1v) is 17.1. The normalized spacial score (nSPS) is 12.5. The molecule has 250 valence electrons. The molecule has 2 amide bonds. The fourth-order valence-electron chi connectivity index (χ4n) is 4.70. The molecule has 0 aliphatic carbocycles. The fraction of sp³-hybridized carbons (Fsp3) is 0.394. The summed E-state index contributed by atoms with van der Waals surface area (Å²) in [5, 5.41) is 3.58. The molecule has 0 bridgehead atoms. The highest BCUT2D eigenvalue weighted by molar-refractivity contribution is 7.92. The largest absolute Gasteiger partial charge is 0.494 e. The van der Waals surface area contributed by atoms with Gasteiger partial charge in [0.15, 0.2) is 11.5 Å². The Morgan fingerprint density at radius 2 is 1.54 bits per heavy atom. The van der Waals surface area contributed by atoms with Crippen molar-refractivity contribution in [2.75, 3.05) is 31.7 Å². The first-order chi connectivity index (χ1) is 21.9. The van der Waals surface area contributed by atoms with Gasteiger partial charge in [0.1, 0.15) is 18.3 Å². The summed E-state index contributed by atoms with van der Waals surface area (Å²) in [5.41, 5.74) is 0.839. The molecule has 2 atom stereocenters. The van der Waals surface area contributed by atoms with E-state index in [0.29, 0.717) is 35.1 Å². The summed E-state index contributed by atoms with van der Waals surface area (Å²) in [5.74, 6) is 0.137. The van der Waals surface area contributed by atoms with E-state index >= 15 is 0 Å². The lowest BCUT2D eigenvalue weighted by Gasteiger charge is -2.34. The summed E-state index contributed by atoms with van der Waals surface area (Å²) in [4.78, 5) is 29.1. The number of sulfonamides is 1. The van der Waals surface area contributed by atoms with Crippen LogP contribution in [0.3, 0.4) is 0 Å². The van der Waals surface area contributed by atoms with E-state index < -0.39 is 28.5 Å². The molecule has 0 heterocycles. The molecule has 46 heavy (non-hydrogen) atoms. The van der Waals surface area contributed by atoms with E-state index in [2.05, 4.69) is 5.32 Å². The van der Waals surface area contributed by atoms with Crippen LogP contribution in [-0.2, 0) is 26.2 Å². The summed E-state index contributed by atoms with van der Waals surface area (Å²) in [6.45, 7) is 7.24. The van der Waals surface area contributed by atoms with Gasteiger partial charge in [0, 0.05) is 18.7 Å². The predicted octanol–water partition coefficient (Wildman–Crippen LogP) is 6.33. The Kier molecular flexibility index (Phi) is 13.4. The van der Waals surface area contributed by atoms with E-state index in [9.17, 15) is 18.0 Å². The highest BCUT2D eigenvalue weighted by Crippen LogP contribution is 2.33. The van der Waals surface area contributed by atoms with Crippen molar-refractivity contribution in [1.82, 2.24) is 10.2 Å². The van der Waals surface area contributed by atoms with Gasteiger partial charge in [-0.25, -0.2) is 8.42 Å². The Balaban J connectivity index is 2.13. The zero-order valence-electron chi connectivity index (χ0n) is 26.9. The van der Waals surface area contributed by atoms with E-state index in [-0.39, 0.29) is 46.3 Å². The second-order valence-corrected chi connectivity index (χ2v) is 13.1. The van der Waals surface area contributed by atoms with Crippen molar-refractivity contribution < 1.29 is 32.2 Å². The quantitative estimate of drug-likeness (QED) is 0.187. The van der Waals surface area contributed by atoms with Crippen LogP contribution in [0.15, 0.2) is 65.6 Å². The van der Waals surface area contributed by atoms with Gasteiger partial charge in [0.05, 0.1) is 41.5 Å². The van der Waals surface area contributed by atoms with Gasteiger partial charge >= 0.3 is 0 Å². The number of benzene rings is 3. The Bertz CT molecular complexity index is 1600. The van der Waals surface area contributed by atoms with Crippen LogP contribution in [0.1, 0.15) is 46.1 Å². The maximum Gasteiger partial charge on any atom is 0.264 e. The third kappa shape index (κ3) is 8.98. The zero-order chi connectivity index (χ0) is 34.0. The molecule has 0 aliphatic rings. The molecular weight excluding hydrogens is 653 g/mol. The monoisotopic (exact) mass is 693 g/mol. The average Bonchev–Trinajstić information content (AvgIpc) is 3.05. The maximum absolute atomic E-state index is 14.3. The molecule has 1 N–H and O–H groups in total. The molecule has 0 spiro atoms. The lowest BCUT2D eigenvalue weighted by atomic mass is 10.1. The predicted molar refractivity (Wildman–Crippen MR) is 181 cm³/mol. The van der Waals surface area contributed by atoms with Gasteiger partial charge in [-0.3, -0.25) is 13.9 Å². The average molecular weight is 695 g/mol. The van der Waals surface area contributed by atoms with Gasteiger partial charge < -0.3 is 24.4 Å². The zero-order valence-corrected chi connectivity index (χ0v) is 29.2. The molecule has 0 radical (unpaired) electrons. The van der Waals surface area contributed by atoms with Crippen LogP contribution in [0.4, 0.5) is 5.69 Å². The van der Waals surface area contributed by atoms with Crippen molar-refractivity contribution in [2.45, 2.75) is 64.1 Å². The summed E-state index contributed by atoms with van der Waals surface area (Å²) >= 11 is 12.4. The van der Waals surface area contributed by atoms with Crippen molar-refractivity contribution in [3.63, 3.8) is 0 Å². The van der Waals surface area contributed by atoms with Crippen molar-refractivity contribution >= 4 is 50.7 Å². The number of nitrogens with zero attached hydrogens (tertiary/aromatic N) is 2. The summed E-state index contributed by atoms with van der Waals surface area (Å²) in [6.07, 6.45) is 0.971. The number of hydrogen-bond donors (Lipinski definition) is 1. The van der Waals surface area contributed by atoms with Crippen molar-refractivity contribution in [3.05, 3.63) is 76.3 Å². The molecular formula is C33H41Cl2N3O7S. The SMILES string of the molecule is CCOc1ccc(N(CC(=O)N(Cc2ccc(Cl)c(Cl)c2)[C@@H](CC)C(=O)N[C@@H](C)CC)S(=O)(=O)c2ccc(OC)c(OC)c2)cc1. The van der Waals surface area contributed by atoms with Gasteiger partial charge in [-0.2, -0.15) is 0 Å². The number of amides is 2. The minimum atomic E-state index is -4.36. The molecule has 0 unspecified atom stereocenters. The molecule has 3 aromatic rings. The number of hydrogen-bond acceptors (Lipinski definition) is 7. The highest BCUT2D eigenvalue weighted by Gasteiger charge is 2.34. The molecule has 3 aromatic carbocycles. The second-order valence-electron chi connectivity index (χ2n) is 10.5. The van der Waals surface area contributed by atoms with Crippen molar-refractivity contribution in [3.8, 4) is 17.2 Å². The second kappa shape index (κ2) is 16.8.